The maximum absolute atomic E-state index is 11.8. The van der Waals surface area contributed by atoms with Gasteiger partial charge in [-0.2, -0.15) is 0 Å². The Morgan fingerprint density at radius 2 is 2.35 bits per heavy atom. The number of nitrogens with one attached hydrogen (secondary N) is 2. The number of carbonyl (C=O) groups excluding carboxylic acids is 1. The van der Waals surface area contributed by atoms with Gasteiger partial charge >= 0.3 is 0 Å². The molecule has 5 nitrogen and oxygen atoms in total. The number of hydrogen-bond acceptors (Lipinski definition) is 3. The van der Waals surface area contributed by atoms with Gasteiger partial charge in [-0.1, -0.05) is 0 Å². The highest BCUT2D eigenvalue weighted by molar-refractivity contribution is 5.93. The van der Waals surface area contributed by atoms with Crippen molar-refractivity contribution in [2.75, 3.05) is 7.11 Å². The van der Waals surface area contributed by atoms with E-state index in [-0.39, 0.29) is 29.0 Å². The van der Waals surface area contributed by atoms with Crippen LogP contribution in [0, 0.1) is 0 Å². The molecule has 0 bridgehead atoms. The number of aromatic nitrogens is 1. The second kappa shape index (κ2) is 5.14. The Morgan fingerprint density at radius 3 is 3.00 bits per heavy atom. The van der Waals surface area contributed by atoms with Crippen LogP contribution in [0.2, 0.25) is 0 Å². The van der Waals surface area contributed by atoms with Crippen LogP contribution in [0.25, 0.3) is 0 Å². The van der Waals surface area contributed by atoms with Crippen LogP contribution >= 0.6 is 0 Å². The fourth-order valence-electron chi connectivity index (χ4n) is 2.14. The first kappa shape index (κ1) is 11.9. The number of ether oxygens (including phenoxy) is 1. The number of carbonyl (C=O) groups is 1. The van der Waals surface area contributed by atoms with E-state index < -0.39 is 0 Å². The number of rotatable bonds is 3. The van der Waals surface area contributed by atoms with E-state index in [9.17, 15) is 9.59 Å². The fraction of sp³-hybridized carbons (Fsp3) is 0.500. The maximum Gasteiger partial charge on any atom is 0.256 e. The molecule has 1 aliphatic rings. The lowest BCUT2D eigenvalue weighted by Crippen LogP contribution is -2.36. The van der Waals surface area contributed by atoms with E-state index in [1.54, 1.807) is 7.11 Å². The SMILES string of the molecule is COC1CCC(NC(=O)c2c[nH]ccc2=O)C1. The molecule has 2 atom stereocenters. The summed E-state index contributed by atoms with van der Waals surface area (Å²) in [6.45, 7) is 0. The average molecular weight is 236 g/mol. The molecule has 1 aromatic rings. The summed E-state index contributed by atoms with van der Waals surface area (Å²) < 4.78 is 5.23. The summed E-state index contributed by atoms with van der Waals surface area (Å²) >= 11 is 0. The van der Waals surface area contributed by atoms with Gasteiger partial charge in [0, 0.05) is 31.6 Å². The van der Waals surface area contributed by atoms with Crippen molar-refractivity contribution < 1.29 is 9.53 Å². The summed E-state index contributed by atoms with van der Waals surface area (Å²) in [5.74, 6) is -0.311. The van der Waals surface area contributed by atoms with Crippen molar-refractivity contribution in [3.8, 4) is 0 Å². The standard InChI is InChI=1S/C12H16N2O3/c1-17-9-3-2-8(6-9)14-12(16)10-7-13-5-4-11(10)15/h4-5,7-9H,2-3,6H2,1H3,(H,13,15)(H,14,16). The molecule has 0 spiro atoms. The zero-order chi connectivity index (χ0) is 12.3. The maximum atomic E-state index is 11.8. The van der Waals surface area contributed by atoms with Crippen LogP contribution < -0.4 is 10.7 Å². The third kappa shape index (κ3) is 2.74. The van der Waals surface area contributed by atoms with Crippen LogP contribution in [0.1, 0.15) is 29.6 Å². The molecule has 1 fully saturated rings. The summed E-state index contributed by atoms with van der Waals surface area (Å²) in [6, 6.07) is 1.45. The largest absolute Gasteiger partial charge is 0.381 e. The van der Waals surface area contributed by atoms with E-state index in [0.29, 0.717) is 0 Å². The summed E-state index contributed by atoms with van der Waals surface area (Å²) in [4.78, 5) is 26.0. The Morgan fingerprint density at radius 1 is 1.53 bits per heavy atom. The number of amides is 1. The zero-order valence-corrected chi connectivity index (χ0v) is 9.73. The molecule has 92 valence electrons. The minimum absolute atomic E-state index is 0.104. The first-order valence-corrected chi connectivity index (χ1v) is 5.71. The first-order chi connectivity index (χ1) is 8.20. The number of pyridine rings is 1. The Balaban J connectivity index is 1.99. The number of aromatic amines is 1. The van der Waals surface area contributed by atoms with Gasteiger partial charge in [0.2, 0.25) is 0 Å². The molecular formula is C12H16N2O3. The molecular weight excluding hydrogens is 220 g/mol. The highest BCUT2D eigenvalue weighted by Crippen LogP contribution is 2.21. The van der Waals surface area contributed by atoms with E-state index in [0.717, 1.165) is 19.3 Å². The summed E-state index contributed by atoms with van der Waals surface area (Å²) in [6.07, 6.45) is 5.82. The van der Waals surface area contributed by atoms with Crippen molar-refractivity contribution in [3.05, 3.63) is 34.2 Å². The number of methoxy groups -OCH3 is 1. The predicted molar refractivity (Wildman–Crippen MR) is 63.0 cm³/mol. The highest BCUT2D eigenvalue weighted by Gasteiger charge is 2.26. The van der Waals surface area contributed by atoms with E-state index in [1.807, 2.05) is 0 Å². The van der Waals surface area contributed by atoms with E-state index in [2.05, 4.69) is 10.3 Å². The van der Waals surface area contributed by atoms with E-state index >= 15 is 0 Å². The summed E-state index contributed by atoms with van der Waals surface area (Å²) in [7, 11) is 1.68. The van der Waals surface area contributed by atoms with Crippen molar-refractivity contribution in [1.29, 1.82) is 0 Å². The van der Waals surface area contributed by atoms with Crippen LogP contribution in [0.5, 0.6) is 0 Å². The molecule has 1 saturated carbocycles. The van der Waals surface area contributed by atoms with Gasteiger partial charge in [-0.15, -0.1) is 0 Å². The van der Waals surface area contributed by atoms with Crippen molar-refractivity contribution in [1.82, 2.24) is 10.3 Å². The normalized spacial score (nSPS) is 23.6. The molecule has 2 unspecified atom stereocenters. The minimum Gasteiger partial charge on any atom is -0.381 e. The van der Waals surface area contributed by atoms with Gasteiger partial charge in [-0.25, -0.2) is 0 Å². The molecule has 1 aliphatic carbocycles. The molecule has 1 amide bonds. The minimum atomic E-state index is -0.311. The monoisotopic (exact) mass is 236 g/mol. The van der Waals surface area contributed by atoms with Gasteiger partial charge in [0.15, 0.2) is 5.43 Å². The van der Waals surface area contributed by atoms with Crippen molar-refractivity contribution in [2.45, 2.75) is 31.4 Å². The second-order valence-electron chi connectivity index (χ2n) is 4.26. The Bertz CT molecular complexity index is 455. The second-order valence-corrected chi connectivity index (χ2v) is 4.26. The van der Waals surface area contributed by atoms with Crippen LogP contribution in [0.4, 0.5) is 0 Å². The van der Waals surface area contributed by atoms with Gasteiger partial charge in [-0.05, 0) is 19.3 Å². The molecule has 0 aliphatic heterocycles. The molecule has 17 heavy (non-hydrogen) atoms. The van der Waals surface area contributed by atoms with Crippen molar-refractivity contribution >= 4 is 5.91 Å². The lowest BCUT2D eigenvalue weighted by Gasteiger charge is -2.12. The van der Waals surface area contributed by atoms with Crippen molar-refractivity contribution in [3.63, 3.8) is 0 Å². The summed E-state index contributed by atoms with van der Waals surface area (Å²) in [5.41, 5.74) is -0.101. The van der Waals surface area contributed by atoms with Gasteiger partial charge < -0.3 is 15.0 Å². The predicted octanol–water partition coefficient (Wildman–Crippen LogP) is 0.672. The first-order valence-electron chi connectivity index (χ1n) is 5.71. The van der Waals surface area contributed by atoms with Gasteiger partial charge in [0.25, 0.3) is 5.91 Å². The van der Waals surface area contributed by atoms with Crippen LogP contribution in [-0.2, 0) is 4.74 Å². The van der Waals surface area contributed by atoms with E-state index in [4.69, 9.17) is 4.74 Å². The Kier molecular flexibility index (Phi) is 3.58. The highest BCUT2D eigenvalue weighted by atomic mass is 16.5. The van der Waals surface area contributed by atoms with Crippen LogP contribution in [0.3, 0.4) is 0 Å². The topological polar surface area (TPSA) is 71.2 Å². The lowest BCUT2D eigenvalue weighted by molar-refractivity contribution is 0.0913. The van der Waals surface area contributed by atoms with Crippen LogP contribution in [0.15, 0.2) is 23.3 Å². The molecule has 2 N–H and O–H groups in total. The van der Waals surface area contributed by atoms with E-state index in [1.165, 1.54) is 18.5 Å². The zero-order valence-electron chi connectivity index (χ0n) is 9.73. The summed E-state index contributed by atoms with van der Waals surface area (Å²) in [5, 5.41) is 2.86. The molecule has 5 heteroatoms. The average Bonchev–Trinajstić information content (AvgIpc) is 2.77. The van der Waals surface area contributed by atoms with Crippen molar-refractivity contribution in [2.24, 2.45) is 0 Å². The molecule has 0 radical (unpaired) electrons. The quantitative estimate of drug-likeness (QED) is 0.810. The number of H-pyrrole nitrogens is 1. The Labute approximate surface area is 99.2 Å². The van der Waals surface area contributed by atoms with Gasteiger partial charge in [-0.3, -0.25) is 9.59 Å². The molecule has 1 heterocycles. The Hall–Kier alpha value is -1.62. The van der Waals surface area contributed by atoms with Gasteiger partial charge in [0.1, 0.15) is 5.56 Å². The molecule has 1 aromatic heterocycles. The third-order valence-electron chi connectivity index (χ3n) is 3.12. The molecule has 0 aromatic carbocycles. The molecule has 0 saturated heterocycles. The van der Waals surface area contributed by atoms with Crippen LogP contribution in [-0.4, -0.2) is 30.1 Å². The lowest BCUT2D eigenvalue weighted by atomic mass is 10.2. The van der Waals surface area contributed by atoms with Gasteiger partial charge in [0.05, 0.1) is 6.10 Å². The number of hydrogen-bond donors (Lipinski definition) is 2. The smallest absolute Gasteiger partial charge is 0.256 e. The molecule has 2 rings (SSSR count). The third-order valence-corrected chi connectivity index (χ3v) is 3.12. The fourth-order valence-corrected chi connectivity index (χ4v) is 2.14.